The SMILES string of the molecule is Cc1nn(CCC#N)c(C)c1C1C=CC(OC(=O)Nc2ccc(C(C)C)cc2)C1. The Morgan fingerprint density at radius 3 is 2.69 bits per heavy atom. The highest BCUT2D eigenvalue weighted by atomic mass is 16.6. The second-order valence-electron chi connectivity index (χ2n) is 7.79. The molecule has 152 valence electrons. The van der Waals surface area contributed by atoms with Gasteiger partial charge in [0, 0.05) is 22.9 Å². The van der Waals surface area contributed by atoms with E-state index in [-0.39, 0.29) is 12.0 Å². The molecule has 2 atom stereocenters. The van der Waals surface area contributed by atoms with Gasteiger partial charge in [0.1, 0.15) is 6.10 Å². The molecule has 3 rings (SSSR count). The number of rotatable bonds is 6. The molecule has 0 saturated heterocycles. The van der Waals surface area contributed by atoms with Crippen LogP contribution in [0.15, 0.2) is 36.4 Å². The topological polar surface area (TPSA) is 79.9 Å². The number of aryl methyl sites for hydroxylation is 2. The fourth-order valence-corrected chi connectivity index (χ4v) is 3.82. The van der Waals surface area contributed by atoms with Gasteiger partial charge in [-0.15, -0.1) is 0 Å². The van der Waals surface area contributed by atoms with Gasteiger partial charge in [0.2, 0.25) is 0 Å². The first-order valence-corrected chi connectivity index (χ1v) is 10.1. The Morgan fingerprint density at radius 1 is 1.31 bits per heavy atom. The highest BCUT2D eigenvalue weighted by Gasteiger charge is 2.27. The van der Waals surface area contributed by atoms with E-state index < -0.39 is 6.09 Å². The van der Waals surface area contributed by atoms with Crippen LogP contribution < -0.4 is 5.32 Å². The van der Waals surface area contributed by atoms with E-state index in [1.54, 1.807) is 0 Å². The van der Waals surface area contributed by atoms with Crippen molar-refractivity contribution < 1.29 is 9.53 Å². The Balaban J connectivity index is 1.58. The smallest absolute Gasteiger partial charge is 0.412 e. The molecule has 6 heteroatoms. The molecule has 1 aliphatic rings. The minimum Gasteiger partial charge on any atom is -0.442 e. The van der Waals surface area contributed by atoms with E-state index in [0.717, 1.165) is 22.6 Å². The molecule has 0 radical (unpaired) electrons. The maximum atomic E-state index is 12.3. The molecule has 0 saturated carbocycles. The van der Waals surface area contributed by atoms with Gasteiger partial charge in [0.15, 0.2) is 0 Å². The van der Waals surface area contributed by atoms with Crippen LogP contribution in [0, 0.1) is 25.2 Å². The lowest BCUT2D eigenvalue weighted by Crippen LogP contribution is -2.20. The molecular weight excluding hydrogens is 364 g/mol. The van der Waals surface area contributed by atoms with Crippen LogP contribution in [0.5, 0.6) is 0 Å². The van der Waals surface area contributed by atoms with Crippen molar-refractivity contribution in [2.75, 3.05) is 5.32 Å². The van der Waals surface area contributed by atoms with Gasteiger partial charge in [0.25, 0.3) is 0 Å². The van der Waals surface area contributed by atoms with Crippen molar-refractivity contribution in [3.8, 4) is 6.07 Å². The summed E-state index contributed by atoms with van der Waals surface area (Å²) < 4.78 is 7.48. The maximum Gasteiger partial charge on any atom is 0.412 e. The minimum atomic E-state index is -0.448. The number of carbonyl (C=O) groups excluding carboxylic acids is 1. The van der Waals surface area contributed by atoms with Gasteiger partial charge in [-0.25, -0.2) is 4.79 Å². The Labute approximate surface area is 172 Å². The van der Waals surface area contributed by atoms with Gasteiger partial charge < -0.3 is 4.74 Å². The molecule has 0 spiro atoms. The summed E-state index contributed by atoms with van der Waals surface area (Å²) in [5.41, 5.74) is 5.15. The average molecular weight is 393 g/mol. The largest absolute Gasteiger partial charge is 0.442 e. The quantitative estimate of drug-likeness (QED) is 0.685. The van der Waals surface area contributed by atoms with E-state index in [9.17, 15) is 4.79 Å². The van der Waals surface area contributed by atoms with Crippen LogP contribution in [0.1, 0.15) is 61.0 Å². The Morgan fingerprint density at radius 2 is 2.03 bits per heavy atom. The maximum absolute atomic E-state index is 12.3. The Hall–Kier alpha value is -3.07. The van der Waals surface area contributed by atoms with Crippen LogP contribution in [0.2, 0.25) is 0 Å². The average Bonchev–Trinajstić information content (AvgIpc) is 3.23. The molecule has 0 bridgehead atoms. The normalized spacial score (nSPS) is 18.1. The number of aromatic nitrogens is 2. The van der Waals surface area contributed by atoms with Gasteiger partial charge >= 0.3 is 6.09 Å². The number of nitrogens with zero attached hydrogens (tertiary/aromatic N) is 3. The predicted octanol–water partition coefficient (Wildman–Crippen LogP) is 5.20. The number of anilines is 1. The molecule has 1 heterocycles. The van der Waals surface area contributed by atoms with Crippen LogP contribution in [-0.2, 0) is 11.3 Å². The van der Waals surface area contributed by atoms with E-state index in [1.807, 2.05) is 48.9 Å². The van der Waals surface area contributed by atoms with Crippen molar-refractivity contribution in [1.82, 2.24) is 9.78 Å². The van der Waals surface area contributed by atoms with Gasteiger partial charge in [-0.05, 0) is 50.0 Å². The van der Waals surface area contributed by atoms with Crippen molar-refractivity contribution in [2.45, 2.75) is 65.0 Å². The summed E-state index contributed by atoms with van der Waals surface area (Å²) in [6, 6.07) is 9.98. The van der Waals surface area contributed by atoms with Crippen LogP contribution in [0.3, 0.4) is 0 Å². The molecule has 1 aromatic carbocycles. The van der Waals surface area contributed by atoms with Crippen molar-refractivity contribution in [2.24, 2.45) is 0 Å². The molecule has 0 aliphatic heterocycles. The molecule has 6 nitrogen and oxygen atoms in total. The highest BCUT2D eigenvalue weighted by Crippen LogP contribution is 2.34. The number of nitrogens with one attached hydrogen (secondary N) is 1. The van der Waals surface area contributed by atoms with Gasteiger partial charge in [-0.1, -0.05) is 32.1 Å². The first-order chi connectivity index (χ1) is 13.9. The lowest BCUT2D eigenvalue weighted by Gasteiger charge is -2.15. The Kier molecular flexibility index (Phi) is 6.38. The summed E-state index contributed by atoms with van der Waals surface area (Å²) >= 11 is 0. The summed E-state index contributed by atoms with van der Waals surface area (Å²) in [5, 5.41) is 16.2. The zero-order valence-electron chi connectivity index (χ0n) is 17.5. The van der Waals surface area contributed by atoms with Crippen LogP contribution in [0.4, 0.5) is 10.5 Å². The first-order valence-electron chi connectivity index (χ1n) is 10.1. The zero-order valence-corrected chi connectivity index (χ0v) is 17.5. The van der Waals surface area contributed by atoms with Crippen LogP contribution in [-0.4, -0.2) is 22.0 Å². The van der Waals surface area contributed by atoms with Gasteiger partial charge in [0.05, 0.1) is 24.7 Å². The minimum absolute atomic E-state index is 0.161. The fraction of sp³-hybridized carbons (Fsp3) is 0.435. The summed E-state index contributed by atoms with van der Waals surface area (Å²) in [6.45, 7) is 8.88. The first kappa shape index (κ1) is 20.7. The number of benzene rings is 1. The number of ether oxygens (including phenoxy) is 1. The zero-order chi connectivity index (χ0) is 21.0. The lowest BCUT2D eigenvalue weighted by molar-refractivity contribution is 0.132. The van der Waals surface area contributed by atoms with E-state index in [1.165, 1.54) is 5.56 Å². The molecule has 1 aliphatic carbocycles. The monoisotopic (exact) mass is 392 g/mol. The number of hydrogen-bond acceptors (Lipinski definition) is 4. The van der Waals surface area contributed by atoms with Crippen LogP contribution >= 0.6 is 0 Å². The molecule has 2 aromatic rings. The standard InChI is InChI=1S/C23H28N4O2/c1-15(2)18-6-9-20(10-7-18)25-23(28)29-21-11-8-19(14-21)22-16(3)26-27(17(22)4)13-5-12-24/h6-11,15,19,21H,5,13-14H2,1-4H3,(H,25,28). The second kappa shape index (κ2) is 8.95. The highest BCUT2D eigenvalue weighted by molar-refractivity contribution is 5.84. The summed E-state index contributed by atoms with van der Waals surface area (Å²) in [7, 11) is 0. The summed E-state index contributed by atoms with van der Waals surface area (Å²) in [4.78, 5) is 12.3. The summed E-state index contributed by atoms with van der Waals surface area (Å²) in [6.07, 6.45) is 4.45. The number of hydrogen-bond donors (Lipinski definition) is 1. The molecule has 1 aromatic heterocycles. The molecule has 29 heavy (non-hydrogen) atoms. The third kappa shape index (κ3) is 4.86. The molecule has 0 fully saturated rings. The molecule has 1 amide bonds. The summed E-state index contributed by atoms with van der Waals surface area (Å²) in [5.74, 6) is 0.613. The van der Waals surface area contributed by atoms with Gasteiger partial charge in [-0.3, -0.25) is 10.00 Å². The number of nitriles is 1. The van der Waals surface area contributed by atoms with Crippen LogP contribution in [0.25, 0.3) is 0 Å². The molecule has 1 N–H and O–H groups in total. The van der Waals surface area contributed by atoms with Crippen molar-refractivity contribution in [3.63, 3.8) is 0 Å². The van der Waals surface area contributed by atoms with E-state index >= 15 is 0 Å². The Bertz CT molecular complexity index is 935. The van der Waals surface area contributed by atoms with Crippen molar-refractivity contribution in [1.29, 1.82) is 5.26 Å². The van der Waals surface area contributed by atoms with E-state index in [2.05, 4.69) is 36.4 Å². The van der Waals surface area contributed by atoms with Crippen molar-refractivity contribution >= 4 is 11.8 Å². The molecular formula is C23H28N4O2. The third-order valence-corrected chi connectivity index (χ3v) is 5.37. The van der Waals surface area contributed by atoms with Gasteiger partial charge in [-0.2, -0.15) is 10.4 Å². The second-order valence-corrected chi connectivity index (χ2v) is 7.79. The third-order valence-electron chi connectivity index (χ3n) is 5.37. The lowest BCUT2D eigenvalue weighted by atomic mass is 9.96. The molecule has 2 unspecified atom stereocenters. The van der Waals surface area contributed by atoms with Crippen molar-refractivity contribution in [3.05, 3.63) is 58.9 Å². The number of carbonyl (C=O) groups is 1. The number of amides is 1. The fourth-order valence-electron chi connectivity index (χ4n) is 3.82. The van der Waals surface area contributed by atoms with E-state index in [0.29, 0.717) is 25.3 Å². The van der Waals surface area contributed by atoms with E-state index in [4.69, 9.17) is 10.00 Å². The number of allylic oxidation sites excluding steroid dienone is 1. The predicted molar refractivity (Wildman–Crippen MR) is 113 cm³/mol.